The van der Waals surface area contributed by atoms with Crippen LogP contribution in [-0.2, 0) is 13.1 Å². The molecule has 0 aliphatic rings. The zero-order valence-corrected chi connectivity index (χ0v) is 38.8. The third-order valence-corrected chi connectivity index (χ3v) is 11.7. The zero-order chi connectivity index (χ0) is 47.1. The van der Waals surface area contributed by atoms with E-state index in [0.29, 0.717) is 18.9 Å². The van der Waals surface area contributed by atoms with Gasteiger partial charge in [0.2, 0.25) is 0 Å². The van der Waals surface area contributed by atoms with Crippen molar-refractivity contribution in [3.63, 3.8) is 0 Å². The average molecular weight is 884 g/mol. The molecule has 2 aromatic heterocycles. The molecule has 0 unspecified atom stereocenters. The van der Waals surface area contributed by atoms with Crippen molar-refractivity contribution in [3.05, 3.63) is 278 Å². The third-order valence-electron chi connectivity index (χ3n) is 11.7. The van der Waals surface area contributed by atoms with E-state index in [1.54, 1.807) is 6.08 Å². The lowest BCUT2D eigenvalue weighted by molar-refractivity contribution is 1.06. The van der Waals surface area contributed by atoms with Gasteiger partial charge in [0.15, 0.2) is 0 Å². The van der Waals surface area contributed by atoms with Crippen LogP contribution < -0.4 is 11.5 Å². The first kappa shape index (κ1) is 46.0. The summed E-state index contributed by atoms with van der Waals surface area (Å²) in [6.45, 7) is 8.71. The Morgan fingerprint density at radius 1 is 0.544 bits per heavy atom. The molecule has 68 heavy (non-hydrogen) atoms. The minimum Gasteiger partial charge on any atom is -0.383 e. The summed E-state index contributed by atoms with van der Waals surface area (Å²) in [5.41, 5.74) is 24.5. The average Bonchev–Trinajstić information content (AvgIpc) is 3.98. The minimum atomic E-state index is 0.544. The van der Waals surface area contributed by atoms with E-state index in [1.165, 1.54) is 54.6 Å². The Kier molecular flexibility index (Phi) is 15.3. The summed E-state index contributed by atoms with van der Waals surface area (Å²) < 4.78 is 4.69. The maximum absolute atomic E-state index is 6.44. The summed E-state index contributed by atoms with van der Waals surface area (Å²) in [5.74, 6) is 0.544. The van der Waals surface area contributed by atoms with Gasteiger partial charge in [-0.15, -0.1) is 0 Å². The number of rotatable bonds is 8. The van der Waals surface area contributed by atoms with E-state index in [1.807, 2.05) is 97.9 Å². The normalized spacial score (nSPS) is 11.1. The van der Waals surface area contributed by atoms with Gasteiger partial charge in [-0.25, -0.2) is 0 Å². The fourth-order valence-electron chi connectivity index (χ4n) is 8.29. The highest BCUT2D eigenvalue weighted by Crippen LogP contribution is 2.39. The second kappa shape index (κ2) is 22.6. The molecule has 11 aromatic rings. The Balaban J connectivity index is 0.000000259. The molecule has 9 aromatic carbocycles. The summed E-state index contributed by atoms with van der Waals surface area (Å²) in [5, 5.41) is 6.18. The van der Waals surface area contributed by atoms with Gasteiger partial charge in [0.1, 0.15) is 5.84 Å². The highest BCUT2D eigenvalue weighted by molar-refractivity contribution is 6.20. The summed E-state index contributed by atoms with van der Waals surface area (Å²) in [7, 11) is 0. The SMILES string of the molecule is C=C/C=C\C.Cc1ccccc1.NC(=NCc1ccccc1)c1cccc(-c2ccc(-n3c4ccccc4c4ccc5cc6c(ccn6-c6ccccc6)cc5c43)cc2)c1.NCc1ccccc1. The summed E-state index contributed by atoms with van der Waals surface area (Å²) >= 11 is 0. The van der Waals surface area contributed by atoms with Crippen LogP contribution >= 0.6 is 0 Å². The fourth-order valence-corrected chi connectivity index (χ4v) is 8.29. The van der Waals surface area contributed by atoms with Crippen LogP contribution in [0.15, 0.2) is 260 Å². The summed E-state index contributed by atoms with van der Waals surface area (Å²) in [6.07, 6.45) is 7.75. The van der Waals surface area contributed by atoms with Crippen molar-refractivity contribution in [1.29, 1.82) is 0 Å². The number of amidine groups is 1. The monoisotopic (exact) mass is 883 g/mol. The van der Waals surface area contributed by atoms with Gasteiger partial charge >= 0.3 is 0 Å². The molecule has 0 aliphatic carbocycles. The number of hydrogen-bond donors (Lipinski definition) is 2. The van der Waals surface area contributed by atoms with Crippen molar-refractivity contribution in [3.8, 4) is 22.5 Å². The van der Waals surface area contributed by atoms with Gasteiger partial charge in [0.05, 0.1) is 23.1 Å². The molecule has 0 aliphatic heterocycles. The Bertz CT molecular complexity index is 3420. The standard InChI is InChI=1S/C44H32N4.C7H9N.C7H8.C5H8/c45-44(46-29-30-10-3-1-4-11-30)35-13-9-12-32(26-35)31-18-21-37(22-19-31)48-41-17-8-7-16-38(41)39-23-20-33-28-42-34(27-40(33)43(39)48)24-25-47(42)36-14-5-2-6-15-36;8-6-7-4-2-1-3-5-7;1-7-5-3-2-4-6-7;1-3-5-4-2/h1-28H,29H2,(H2,45,46);1-5H,6,8H2;2-6H,1H3;3-5H,1H2,2H3/b;;;5-4-. The molecule has 5 nitrogen and oxygen atoms in total. The van der Waals surface area contributed by atoms with Crippen LogP contribution in [0.5, 0.6) is 0 Å². The van der Waals surface area contributed by atoms with Crippen molar-refractivity contribution in [2.45, 2.75) is 26.9 Å². The van der Waals surface area contributed by atoms with Crippen LogP contribution in [0.2, 0.25) is 0 Å². The highest BCUT2D eigenvalue weighted by Gasteiger charge is 2.16. The number of aryl methyl sites for hydroxylation is 1. The number of benzene rings is 9. The molecule has 0 saturated carbocycles. The lowest BCUT2D eigenvalue weighted by atomic mass is 10.0. The number of aliphatic imine (C=N–C) groups is 1. The van der Waals surface area contributed by atoms with Crippen LogP contribution in [0, 0.1) is 6.92 Å². The smallest absolute Gasteiger partial charge is 0.125 e. The molecule has 2 heterocycles. The number of fused-ring (bicyclic) bond motifs is 6. The van der Waals surface area contributed by atoms with E-state index in [2.05, 4.69) is 179 Å². The van der Waals surface area contributed by atoms with Crippen molar-refractivity contribution >= 4 is 49.3 Å². The van der Waals surface area contributed by atoms with Crippen molar-refractivity contribution in [2.24, 2.45) is 16.5 Å². The van der Waals surface area contributed by atoms with E-state index in [0.717, 1.165) is 33.6 Å². The van der Waals surface area contributed by atoms with E-state index < -0.39 is 0 Å². The van der Waals surface area contributed by atoms with Crippen LogP contribution in [0.4, 0.5) is 0 Å². The second-order valence-electron chi connectivity index (χ2n) is 16.4. The van der Waals surface area contributed by atoms with Crippen LogP contribution in [0.3, 0.4) is 0 Å². The molecule has 0 saturated heterocycles. The van der Waals surface area contributed by atoms with Crippen molar-refractivity contribution in [1.82, 2.24) is 9.13 Å². The van der Waals surface area contributed by atoms with E-state index in [4.69, 9.17) is 11.5 Å². The Morgan fingerprint density at radius 2 is 1.19 bits per heavy atom. The predicted molar refractivity (Wildman–Crippen MR) is 292 cm³/mol. The molecule has 0 bridgehead atoms. The van der Waals surface area contributed by atoms with Crippen LogP contribution in [0.1, 0.15) is 29.2 Å². The van der Waals surface area contributed by atoms with Gasteiger partial charge in [-0.05, 0) is 96.1 Å². The maximum Gasteiger partial charge on any atom is 0.125 e. The molecule has 0 atom stereocenters. The largest absolute Gasteiger partial charge is 0.383 e. The van der Waals surface area contributed by atoms with Crippen molar-refractivity contribution < 1.29 is 0 Å². The lowest BCUT2D eigenvalue weighted by Crippen LogP contribution is -2.13. The molecule has 0 radical (unpaired) electrons. The zero-order valence-electron chi connectivity index (χ0n) is 38.8. The van der Waals surface area contributed by atoms with Gasteiger partial charge < -0.3 is 20.6 Å². The summed E-state index contributed by atoms with van der Waals surface area (Å²) in [6, 6.07) is 78.3. The first-order chi connectivity index (χ1) is 33.4. The number of nitrogens with two attached hydrogens (primary N) is 2. The van der Waals surface area contributed by atoms with E-state index in [9.17, 15) is 0 Å². The molecule has 11 rings (SSSR count). The maximum atomic E-state index is 6.44. The quantitative estimate of drug-likeness (QED) is 0.0906. The van der Waals surface area contributed by atoms with Gasteiger partial charge in [0, 0.05) is 51.2 Å². The first-order valence-electron chi connectivity index (χ1n) is 23.0. The topological polar surface area (TPSA) is 74.3 Å². The second-order valence-corrected chi connectivity index (χ2v) is 16.4. The molecule has 5 heteroatoms. The van der Waals surface area contributed by atoms with Crippen molar-refractivity contribution in [2.75, 3.05) is 0 Å². The Hall–Kier alpha value is -8.51. The minimum absolute atomic E-state index is 0.544. The number of allylic oxidation sites excluding steroid dienone is 3. The van der Waals surface area contributed by atoms with Crippen LogP contribution in [-0.4, -0.2) is 15.0 Å². The molecular formula is C63H57N5. The molecule has 334 valence electrons. The van der Waals surface area contributed by atoms with Crippen LogP contribution in [0.25, 0.3) is 66.0 Å². The fraction of sp³-hybridized carbons (Fsp3) is 0.0635. The molecule has 0 spiro atoms. The first-order valence-corrected chi connectivity index (χ1v) is 23.0. The molecule has 4 N–H and O–H groups in total. The van der Waals surface area contributed by atoms with Gasteiger partial charge in [-0.1, -0.05) is 200 Å². The van der Waals surface area contributed by atoms with Gasteiger partial charge in [-0.3, -0.25) is 4.99 Å². The van der Waals surface area contributed by atoms with Gasteiger partial charge in [-0.2, -0.15) is 0 Å². The van der Waals surface area contributed by atoms with Gasteiger partial charge in [0.25, 0.3) is 0 Å². The third kappa shape index (κ3) is 10.9. The predicted octanol–water partition coefficient (Wildman–Crippen LogP) is 15.3. The number of para-hydroxylation sites is 2. The highest BCUT2D eigenvalue weighted by atomic mass is 15.0. The Morgan fingerprint density at radius 3 is 1.81 bits per heavy atom. The van der Waals surface area contributed by atoms with E-state index >= 15 is 0 Å². The molecule has 0 amide bonds. The molecule has 0 fully saturated rings. The Labute approximate surface area is 400 Å². The summed E-state index contributed by atoms with van der Waals surface area (Å²) in [4.78, 5) is 4.66. The number of nitrogens with zero attached hydrogens (tertiary/aromatic N) is 3. The number of aromatic nitrogens is 2. The lowest BCUT2D eigenvalue weighted by Gasteiger charge is -2.12. The van der Waals surface area contributed by atoms with E-state index in [-0.39, 0.29) is 0 Å². The number of hydrogen-bond acceptors (Lipinski definition) is 2. The molecular weight excluding hydrogens is 827 g/mol.